The first-order chi connectivity index (χ1) is 13.5. The summed E-state index contributed by atoms with van der Waals surface area (Å²) in [6.07, 6.45) is -2.45. The van der Waals surface area contributed by atoms with Gasteiger partial charge in [-0.1, -0.05) is 0 Å². The Morgan fingerprint density at radius 1 is 0.536 bits per heavy atom. The van der Waals surface area contributed by atoms with Gasteiger partial charge in [-0.05, 0) is 23.3 Å². The molecule has 0 saturated carbocycles. The summed E-state index contributed by atoms with van der Waals surface area (Å²) in [5.41, 5.74) is 1.87. The standard InChI is InChI=1S/C20H24O8/c1-23-11-7-9-13(19(27-5)17(11)25-3)14-10(16(22)15(9)21)8-12(24-2)18(26-4)20(14)28-6/h7-8,15-16,21-22H,1-6H3/t15-,16-/m1/s1. The highest BCUT2D eigenvalue weighted by molar-refractivity contribution is 5.90. The molecular weight excluding hydrogens is 368 g/mol. The number of rotatable bonds is 6. The molecule has 2 aromatic rings. The maximum absolute atomic E-state index is 10.8. The smallest absolute Gasteiger partial charge is 0.203 e. The van der Waals surface area contributed by atoms with E-state index in [0.717, 1.165) is 0 Å². The minimum Gasteiger partial charge on any atom is -0.493 e. The van der Waals surface area contributed by atoms with Crippen molar-refractivity contribution < 1.29 is 38.6 Å². The fraction of sp³-hybridized carbons (Fsp3) is 0.400. The molecule has 3 rings (SSSR count). The summed E-state index contributed by atoms with van der Waals surface area (Å²) >= 11 is 0. The zero-order chi connectivity index (χ0) is 20.6. The second-order valence-corrected chi connectivity index (χ2v) is 6.11. The van der Waals surface area contributed by atoms with Gasteiger partial charge in [-0.2, -0.15) is 0 Å². The number of aliphatic hydroxyl groups excluding tert-OH is 2. The summed E-state index contributed by atoms with van der Waals surface area (Å²) in [6, 6.07) is 3.23. The maximum Gasteiger partial charge on any atom is 0.203 e. The first-order valence-electron chi connectivity index (χ1n) is 8.51. The van der Waals surface area contributed by atoms with Crippen LogP contribution in [0.2, 0.25) is 0 Å². The maximum atomic E-state index is 10.8. The van der Waals surface area contributed by atoms with Crippen molar-refractivity contribution >= 4 is 0 Å². The van der Waals surface area contributed by atoms with Crippen LogP contribution in [-0.2, 0) is 0 Å². The molecule has 0 heterocycles. The van der Waals surface area contributed by atoms with E-state index >= 15 is 0 Å². The Morgan fingerprint density at radius 3 is 1.11 bits per heavy atom. The lowest BCUT2D eigenvalue weighted by molar-refractivity contribution is 0.0151. The van der Waals surface area contributed by atoms with E-state index in [1.807, 2.05) is 0 Å². The van der Waals surface area contributed by atoms with Gasteiger partial charge in [-0.3, -0.25) is 0 Å². The third-order valence-electron chi connectivity index (χ3n) is 4.91. The van der Waals surface area contributed by atoms with E-state index in [2.05, 4.69) is 0 Å². The molecule has 1 aliphatic carbocycles. The molecule has 8 nitrogen and oxygen atoms in total. The third-order valence-corrected chi connectivity index (χ3v) is 4.91. The first-order valence-corrected chi connectivity index (χ1v) is 8.51. The van der Waals surface area contributed by atoms with Gasteiger partial charge in [0, 0.05) is 11.1 Å². The molecule has 0 amide bonds. The number of fused-ring (bicyclic) bond motifs is 3. The molecule has 0 unspecified atom stereocenters. The molecule has 0 fully saturated rings. The van der Waals surface area contributed by atoms with Gasteiger partial charge in [0.25, 0.3) is 0 Å². The fourth-order valence-electron chi connectivity index (χ4n) is 3.67. The van der Waals surface area contributed by atoms with Gasteiger partial charge < -0.3 is 38.6 Å². The molecule has 0 bridgehead atoms. The third kappa shape index (κ3) is 2.68. The van der Waals surface area contributed by atoms with Crippen molar-refractivity contribution in [3.8, 4) is 45.6 Å². The second-order valence-electron chi connectivity index (χ2n) is 6.11. The highest BCUT2D eigenvalue weighted by Gasteiger charge is 2.39. The van der Waals surface area contributed by atoms with Crippen LogP contribution in [0.1, 0.15) is 23.3 Å². The number of methoxy groups -OCH3 is 6. The fourth-order valence-corrected chi connectivity index (χ4v) is 3.67. The minimum atomic E-state index is -1.22. The minimum absolute atomic E-state index is 0.342. The molecule has 1 aliphatic rings. The Hall–Kier alpha value is -2.84. The molecule has 2 atom stereocenters. The van der Waals surface area contributed by atoms with Crippen molar-refractivity contribution in [1.82, 2.24) is 0 Å². The Morgan fingerprint density at radius 2 is 0.857 bits per heavy atom. The highest BCUT2D eigenvalue weighted by Crippen LogP contribution is 2.59. The van der Waals surface area contributed by atoms with Crippen LogP contribution in [0.5, 0.6) is 34.5 Å². The molecule has 8 heteroatoms. The number of aliphatic hydroxyl groups is 2. The average molecular weight is 392 g/mol. The van der Waals surface area contributed by atoms with E-state index in [-0.39, 0.29) is 0 Å². The highest BCUT2D eigenvalue weighted by atomic mass is 16.5. The van der Waals surface area contributed by atoms with Gasteiger partial charge in [0.1, 0.15) is 12.2 Å². The molecule has 0 spiro atoms. The zero-order valence-electron chi connectivity index (χ0n) is 16.7. The van der Waals surface area contributed by atoms with Gasteiger partial charge in [0.15, 0.2) is 23.0 Å². The lowest BCUT2D eigenvalue weighted by Crippen LogP contribution is -2.19. The summed E-state index contributed by atoms with van der Waals surface area (Å²) in [7, 11) is 8.93. The molecule has 152 valence electrons. The van der Waals surface area contributed by atoms with Crippen LogP contribution in [0.4, 0.5) is 0 Å². The van der Waals surface area contributed by atoms with Gasteiger partial charge >= 0.3 is 0 Å². The van der Waals surface area contributed by atoms with E-state index in [9.17, 15) is 10.2 Å². The van der Waals surface area contributed by atoms with Crippen molar-refractivity contribution in [2.24, 2.45) is 0 Å². The van der Waals surface area contributed by atoms with E-state index < -0.39 is 12.2 Å². The lowest BCUT2D eigenvalue weighted by atomic mass is 9.80. The number of hydrogen-bond acceptors (Lipinski definition) is 8. The van der Waals surface area contributed by atoms with Crippen LogP contribution in [0.15, 0.2) is 12.1 Å². The van der Waals surface area contributed by atoms with Crippen molar-refractivity contribution in [1.29, 1.82) is 0 Å². The van der Waals surface area contributed by atoms with Crippen LogP contribution < -0.4 is 28.4 Å². The monoisotopic (exact) mass is 392 g/mol. The Labute approximate surface area is 163 Å². The molecule has 0 saturated heterocycles. The Bertz CT molecular complexity index is 819. The SMILES string of the molecule is COc1cc2c(c(OC)c1OC)-c1c(cc(OC)c(OC)c1OC)[C@@H](O)[C@@H]2O. The van der Waals surface area contributed by atoms with Gasteiger partial charge in [0.2, 0.25) is 11.5 Å². The molecule has 2 aromatic carbocycles. The summed E-state index contributed by atoms with van der Waals surface area (Å²) in [5.74, 6) is 2.13. The van der Waals surface area contributed by atoms with Gasteiger partial charge in [0.05, 0.1) is 42.7 Å². The molecule has 0 aliphatic heterocycles. The Kier molecular flexibility index (Phi) is 5.44. The summed E-state index contributed by atoms with van der Waals surface area (Å²) in [5, 5.41) is 21.6. The number of benzene rings is 2. The van der Waals surface area contributed by atoms with Crippen molar-refractivity contribution in [2.45, 2.75) is 12.2 Å². The van der Waals surface area contributed by atoms with Crippen LogP contribution in [0.25, 0.3) is 11.1 Å². The lowest BCUT2D eigenvalue weighted by Gasteiger charge is -2.33. The molecular formula is C20H24O8. The molecule has 0 radical (unpaired) electrons. The summed E-state index contributed by atoms with van der Waals surface area (Å²) < 4.78 is 33.0. The second kappa shape index (κ2) is 7.65. The van der Waals surface area contributed by atoms with E-state index in [0.29, 0.717) is 56.8 Å². The van der Waals surface area contributed by atoms with Crippen LogP contribution >= 0.6 is 0 Å². The number of hydrogen-bond donors (Lipinski definition) is 2. The van der Waals surface area contributed by atoms with E-state index in [4.69, 9.17) is 28.4 Å². The topological polar surface area (TPSA) is 95.8 Å². The van der Waals surface area contributed by atoms with Crippen molar-refractivity contribution in [3.63, 3.8) is 0 Å². The molecule has 2 N–H and O–H groups in total. The van der Waals surface area contributed by atoms with Crippen LogP contribution in [0.3, 0.4) is 0 Å². The Balaban J connectivity index is 2.51. The van der Waals surface area contributed by atoms with Crippen molar-refractivity contribution in [2.75, 3.05) is 42.7 Å². The predicted octanol–water partition coefficient (Wildman–Crippen LogP) is 2.49. The van der Waals surface area contributed by atoms with Crippen molar-refractivity contribution in [3.05, 3.63) is 23.3 Å². The van der Waals surface area contributed by atoms with E-state index in [1.165, 1.54) is 42.7 Å². The number of ether oxygens (including phenoxy) is 6. The van der Waals surface area contributed by atoms with E-state index in [1.54, 1.807) is 12.1 Å². The quantitative estimate of drug-likeness (QED) is 0.774. The average Bonchev–Trinajstić information content (AvgIpc) is 2.73. The normalized spacial score (nSPS) is 17.3. The van der Waals surface area contributed by atoms with Crippen LogP contribution in [0, 0.1) is 0 Å². The molecule has 0 aromatic heterocycles. The summed E-state index contributed by atoms with van der Waals surface area (Å²) in [4.78, 5) is 0. The summed E-state index contributed by atoms with van der Waals surface area (Å²) in [6.45, 7) is 0. The first kappa shape index (κ1) is 19.9. The predicted molar refractivity (Wildman–Crippen MR) is 101 cm³/mol. The molecule has 28 heavy (non-hydrogen) atoms. The largest absolute Gasteiger partial charge is 0.493 e. The van der Waals surface area contributed by atoms with Gasteiger partial charge in [-0.15, -0.1) is 0 Å². The zero-order valence-corrected chi connectivity index (χ0v) is 16.7. The van der Waals surface area contributed by atoms with Gasteiger partial charge in [-0.25, -0.2) is 0 Å². The van der Waals surface area contributed by atoms with Crippen LogP contribution in [-0.4, -0.2) is 52.9 Å².